The molecule has 3 nitrogen and oxygen atoms in total. The van der Waals surface area contributed by atoms with Crippen LogP contribution in [0.15, 0.2) is 24.3 Å². The van der Waals surface area contributed by atoms with E-state index >= 15 is 0 Å². The highest BCUT2D eigenvalue weighted by atomic mass is 16.4. The van der Waals surface area contributed by atoms with Gasteiger partial charge in [-0.15, -0.1) is 0 Å². The molecular formula is C17H25NO2. The van der Waals surface area contributed by atoms with E-state index in [9.17, 15) is 4.79 Å². The first-order valence-electron chi connectivity index (χ1n) is 7.78. The maximum absolute atomic E-state index is 10.9. The molecule has 0 radical (unpaired) electrons. The number of carboxylic acids is 1. The summed E-state index contributed by atoms with van der Waals surface area (Å²) in [6.07, 6.45) is 9.57. The van der Waals surface area contributed by atoms with Gasteiger partial charge in [-0.3, -0.25) is 0 Å². The molecule has 0 aromatic heterocycles. The number of hydrogen-bond acceptors (Lipinski definition) is 2. The molecule has 1 aromatic rings. The molecule has 1 aliphatic rings. The van der Waals surface area contributed by atoms with Crippen LogP contribution in [0.3, 0.4) is 0 Å². The van der Waals surface area contributed by atoms with Crippen molar-refractivity contribution in [3.8, 4) is 0 Å². The van der Waals surface area contributed by atoms with Gasteiger partial charge in [0.1, 0.15) is 0 Å². The second-order valence-electron chi connectivity index (χ2n) is 5.85. The van der Waals surface area contributed by atoms with E-state index in [1.807, 2.05) is 12.1 Å². The fourth-order valence-electron chi connectivity index (χ4n) is 2.98. The number of carbonyl (C=O) groups is 1. The van der Waals surface area contributed by atoms with Gasteiger partial charge in [-0.2, -0.15) is 0 Å². The van der Waals surface area contributed by atoms with E-state index in [2.05, 4.69) is 5.32 Å². The van der Waals surface area contributed by atoms with Gasteiger partial charge in [-0.05, 0) is 43.0 Å². The highest BCUT2D eigenvalue weighted by Gasteiger charge is 2.11. The number of hydrogen-bond donors (Lipinski definition) is 2. The molecular weight excluding hydrogens is 250 g/mol. The SMILES string of the molecule is O=C(O)c1cccc(CNCC2CCCCCCC2)c1. The Kier molecular flexibility index (Phi) is 6.06. The third-order valence-corrected chi connectivity index (χ3v) is 4.16. The van der Waals surface area contributed by atoms with E-state index in [1.165, 1.54) is 44.9 Å². The summed E-state index contributed by atoms with van der Waals surface area (Å²) in [6.45, 7) is 1.81. The summed E-state index contributed by atoms with van der Waals surface area (Å²) in [5.74, 6) is -0.0650. The molecule has 0 heterocycles. The smallest absolute Gasteiger partial charge is 0.335 e. The molecule has 1 aromatic carbocycles. The summed E-state index contributed by atoms with van der Waals surface area (Å²) >= 11 is 0. The molecule has 3 heteroatoms. The molecule has 0 spiro atoms. The zero-order valence-electron chi connectivity index (χ0n) is 12.1. The highest BCUT2D eigenvalue weighted by Crippen LogP contribution is 2.21. The monoisotopic (exact) mass is 275 g/mol. The van der Waals surface area contributed by atoms with Gasteiger partial charge >= 0.3 is 5.97 Å². The summed E-state index contributed by atoms with van der Waals surface area (Å²) < 4.78 is 0. The normalized spacial score (nSPS) is 17.4. The fourth-order valence-corrected chi connectivity index (χ4v) is 2.98. The van der Waals surface area contributed by atoms with Crippen LogP contribution in [0.1, 0.15) is 60.9 Å². The van der Waals surface area contributed by atoms with Gasteiger partial charge in [0.2, 0.25) is 0 Å². The van der Waals surface area contributed by atoms with Gasteiger partial charge in [0.05, 0.1) is 5.56 Å². The number of aromatic carboxylic acids is 1. The zero-order chi connectivity index (χ0) is 14.2. The molecule has 0 amide bonds. The van der Waals surface area contributed by atoms with Gasteiger partial charge in [0, 0.05) is 6.54 Å². The largest absolute Gasteiger partial charge is 0.478 e. The molecule has 0 unspecified atom stereocenters. The van der Waals surface area contributed by atoms with Gasteiger partial charge in [-0.25, -0.2) is 4.79 Å². The van der Waals surface area contributed by atoms with Crippen LogP contribution in [-0.4, -0.2) is 17.6 Å². The van der Waals surface area contributed by atoms with Crippen LogP contribution in [0, 0.1) is 5.92 Å². The molecule has 0 bridgehead atoms. The van der Waals surface area contributed by atoms with E-state index in [4.69, 9.17) is 5.11 Å². The van der Waals surface area contributed by atoms with Crippen molar-refractivity contribution >= 4 is 5.97 Å². The van der Waals surface area contributed by atoms with Crippen molar-refractivity contribution in [3.63, 3.8) is 0 Å². The average molecular weight is 275 g/mol. The van der Waals surface area contributed by atoms with Crippen molar-refractivity contribution in [1.29, 1.82) is 0 Å². The van der Waals surface area contributed by atoms with Crippen molar-refractivity contribution in [2.24, 2.45) is 5.92 Å². The van der Waals surface area contributed by atoms with Crippen LogP contribution >= 0.6 is 0 Å². The quantitative estimate of drug-likeness (QED) is 0.858. The minimum absolute atomic E-state index is 0.371. The average Bonchev–Trinajstić information content (AvgIpc) is 2.41. The van der Waals surface area contributed by atoms with Crippen LogP contribution in [0.5, 0.6) is 0 Å². The lowest BCUT2D eigenvalue weighted by Gasteiger charge is -2.20. The first-order valence-corrected chi connectivity index (χ1v) is 7.78. The molecule has 110 valence electrons. The minimum atomic E-state index is -0.855. The number of benzene rings is 1. The van der Waals surface area contributed by atoms with Crippen LogP contribution in [-0.2, 0) is 6.54 Å². The van der Waals surface area contributed by atoms with E-state index < -0.39 is 5.97 Å². The molecule has 0 atom stereocenters. The van der Waals surface area contributed by atoms with Crippen LogP contribution in [0.4, 0.5) is 0 Å². The first kappa shape index (κ1) is 15.0. The van der Waals surface area contributed by atoms with Crippen molar-refractivity contribution in [3.05, 3.63) is 35.4 Å². The van der Waals surface area contributed by atoms with Crippen molar-refractivity contribution < 1.29 is 9.90 Å². The number of rotatable bonds is 5. The molecule has 2 rings (SSSR count). The highest BCUT2D eigenvalue weighted by molar-refractivity contribution is 5.87. The summed E-state index contributed by atoms with van der Waals surface area (Å²) in [4.78, 5) is 10.9. The second kappa shape index (κ2) is 8.05. The fraction of sp³-hybridized carbons (Fsp3) is 0.588. The molecule has 1 aliphatic carbocycles. The summed E-state index contributed by atoms with van der Waals surface area (Å²) in [6, 6.07) is 7.20. The Morgan fingerprint density at radius 1 is 1.15 bits per heavy atom. The summed E-state index contributed by atoms with van der Waals surface area (Å²) in [5, 5.41) is 12.5. The first-order chi connectivity index (χ1) is 9.75. The van der Waals surface area contributed by atoms with E-state index in [0.29, 0.717) is 5.56 Å². The standard InChI is InChI=1S/C17H25NO2/c19-17(20)16-10-6-9-15(11-16)13-18-12-14-7-4-2-1-3-5-8-14/h6,9-11,14,18H,1-5,7-8,12-13H2,(H,19,20). The van der Waals surface area contributed by atoms with Crippen molar-refractivity contribution in [2.75, 3.05) is 6.54 Å². The summed E-state index contributed by atoms with van der Waals surface area (Å²) in [7, 11) is 0. The third kappa shape index (κ3) is 4.97. The predicted octanol–water partition coefficient (Wildman–Crippen LogP) is 3.83. The van der Waals surface area contributed by atoms with E-state index in [1.54, 1.807) is 12.1 Å². The maximum atomic E-state index is 10.9. The molecule has 2 N–H and O–H groups in total. The van der Waals surface area contributed by atoms with E-state index in [0.717, 1.165) is 24.6 Å². The van der Waals surface area contributed by atoms with Gasteiger partial charge < -0.3 is 10.4 Å². The molecule has 1 saturated carbocycles. The van der Waals surface area contributed by atoms with Gasteiger partial charge in [-0.1, -0.05) is 44.2 Å². The van der Waals surface area contributed by atoms with Gasteiger partial charge in [0.15, 0.2) is 0 Å². The topological polar surface area (TPSA) is 49.3 Å². The lowest BCUT2D eigenvalue weighted by molar-refractivity contribution is 0.0696. The van der Waals surface area contributed by atoms with Crippen molar-refractivity contribution in [2.45, 2.75) is 51.5 Å². The lowest BCUT2D eigenvalue weighted by Crippen LogP contribution is -2.23. The Labute approximate surface area is 121 Å². The Balaban J connectivity index is 1.77. The third-order valence-electron chi connectivity index (χ3n) is 4.16. The molecule has 0 saturated heterocycles. The second-order valence-corrected chi connectivity index (χ2v) is 5.85. The number of nitrogens with one attached hydrogen (secondary N) is 1. The molecule has 1 fully saturated rings. The maximum Gasteiger partial charge on any atom is 0.335 e. The molecule has 0 aliphatic heterocycles. The van der Waals surface area contributed by atoms with Gasteiger partial charge in [0.25, 0.3) is 0 Å². The number of carboxylic acid groups (broad SMARTS) is 1. The summed E-state index contributed by atoms with van der Waals surface area (Å²) in [5.41, 5.74) is 1.42. The lowest BCUT2D eigenvalue weighted by atomic mass is 9.91. The van der Waals surface area contributed by atoms with Crippen molar-refractivity contribution in [1.82, 2.24) is 5.32 Å². The van der Waals surface area contributed by atoms with Crippen LogP contribution < -0.4 is 5.32 Å². The zero-order valence-corrected chi connectivity index (χ0v) is 12.1. The van der Waals surface area contributed by atoms with Crippen LogP contribution in [0.2, 0.25) is 0 Å². The molecule has 20 heavy (non-hydrogen) atoms. The minimum Gasteiger partial charge on any atom is -0.478 e. The Morgan fingerprint density at radius 3 is 2.55 bits per heavy atom. The Bertz CT molecular complexity index is 423. The Hall–Kier alpha value is -1.35. The Morgan fingerprint density at radius 2 is 1.85 bits per heavy atom. The van der Waals surface area contributed by atoms with Crippen LogP contribution in [0.25, 0.3) is 0 Å². The van der Waals surface area contributed by atoms with E-state index in [-0.39, 0.29) is 0 Å². The predicted molar refractivity (Wildman–Crippen MR) is 80.9 cm³/mol.